The molecule has 26 heavy (non-hydrogen) atoms. The fraction of sp³-hybridized carbons (Fsp3) is 0.556. The molecule has 1 atom stereocenters. The summed E-state index contributed by atoms with van der Waals surface area (Å²) >= 11 is 0. The largest absolute Gasteiger partial charge is 0.383 e. The SMILES string of the molecule is COCCN1CC(C(=O)N2CCN(c3cc(F)ccc3F)CC2)CC1=O. The molecule has 0 N–H and O–H groups in total. The quantitative estimate of drug-likeness (QED) is 0.782. The van der Waals surface area contributed by atoms with Crippen LogP contribution < -0.4 is 4.90 Å². The van der Waals surface area contributed by atoms with Gasteiger partial charge in [-0.25, -0.2) is 8.78 Å². The zero-order chi connectivity index (χ0) is 18.7. The van der Waals surface area contributed by atoms with E-state index in [1.165, 1.54) is 6.07 Å². The van der Waals surface area contributed by atoms with Crippen LogP contribution in [0.25, 0.3) is 0 Å². The molecule has 8 heteroatoms. The number of likely N-dealkylation sites (tertiary alicyclic amines) is 1. The van der Waals surface area contributed by atoms with Crippen molar-refractivity contribution in [2.24, 2.45) is 5.92 Å². The van der Waals surface area contributed by atoms with Gasteiger partial charge in [0.15, 0.2) is 0 Å². The van der Waals surface area contributed by atoms with E-state index in [2.05, 4.69) is 0 Å². The minimum Gasteiger partial charge on any atom is -0.383 e. The third kappa shape index (κ3) is 3.95. The molecule has 1 aromatic carbocycles. The van der Waals surface area contributed by atoms with Crippen molar-refractivity contribution in [3.05, 3.63) is 29.8 Å². The van der Waals surface area contributed by atoms with Crippen molar-refractivity contribution < 1.29 is 23.1 Å². The van der Waals surface area contributed by atoms with Crippen molar-refractivity contribution in [2.75, 3.05) is 57.9 Å². The van der Waals surface area contributed by atoms with Gasteiger partial charge in [0.1, 0.15) is 11.6 Å². The summed E-state index contributed by atoms with van der Waals surface area (Å²) < 4.78 is 32.3. The molecule has 1 unspecified atom stereocenters. The molecule has 0 bridgehead atoms. The molecule has 0 spiro atoms. The second-order valence-electron chi connectivity index (χ2n) is 6.64. The van der Waals surface area contributed by atoms with E-state index in [-0.39, 0.29) is 29.8 Å². The number of rotatable bonds is 5. The van der Waals surface area contributed by atoms with E-state index in [9.17, 15) is 18.4 Å². The van der Waals surface area contributed by atoms with Gasteiger partial charge in [-0.2, -0.15) is 0 Å². The number of hydrogen-bond acceptors (Lipinski definition) is 4. The first kappa shape index (κ1) is 18.6. The maximum atomic E-state index is 13.9. The van der Waals surface area contributed by atoms with E-state index in [4.69, 9.17) is 4.74 Å². The Balaban J connectivity index is 1.55. The van der Waals surface area contributed by atoms with E-state index in [0.29, 0.717) is 45.9 Å². The van der Waals surface area contributed by atoms with Gasteiger partial charge in [0.05, 0.1) is 18.2 Å². The first-order valence-electron chi connectivity index (χ1n) is 8.75. The van der Waals surface area contributed by atoms with Crippen molar-refractivity contribution in [1.82, 2.24) is 9.80 Å². The van der Waals surface area contributed by atoms with Gasteiger partial charge in [0.25, 0.3) is 0 Å². The number of anilines is 1. The molecule has 142 valence electrons. The lowest BCUT2D eigenvalue weighted by atomic mass is 10.1. The van der Waals surface area contributed by atoms with E-state index in [1.54, 1.807) is 21.8 Å². The van der Waals surface area contributed by atoms with Crippen molar-refractivity contribution in [3.8, 4) is 0 Å². The van der Waals surface area contributed by atoms with Gasteiger partial charge in [-0.05, 0) is 12.1 Å². The molecule has 2 aliphatic heterocycles. The van der Waals surface area contributed by atoms with Gasteiger partial charge in [-0.15, -0.1) is 0 Å². The summed E-state index contributed by atoms with van der Waals surface area (Å²) in [4.78, 5) is 29.8. The lowest BCUT2D eigenvalue weighted by Gasteiger charge is -2.37. The van der Waals surface area contributed by atoms with Gasteiger partial charge in [-0.3, -0.25) is 9.59 Å². The Morgan fingerprint density at radius 1 is 1.23 bits per heavy atom. The predicted molar refractivity (Wildman–Crippen MR) is 91.7 cm³/mol. The summed E-state index contributed by atoms with van der Waals surface area (Å²) in [5.41, 5.74) is 0.221. The molecule has 1 aromatic rings. The molecule has 2 saturated heterocycles. The number of methoxy groups -OCH3 is 1. The molecule has 2 fully saturated rings. The Morgan fingerprint density at radius 2 is 1.96 bits per heavy atom. The number of halogens is 2. The van der Waals surface area contributed by atoms with Crippen molar-refractivity contribution >= 4 is 17.5 Å². The summed E-state index contributed by atoms with van der Waals surface area (Å²) in [5, 5.41) is 0. The van der Waals surface area contributed by atoms with Crippen LogP contribution in [-0.2, 0) is 14.3 Å². The Kier molecular flexibility index (Phi) is 5.70. The normalized spacial score (nSPS) is 20.8. The van der Waals surface area contributed by atoms with Crippen molar-refractivity contribution in [3.63, 3.8) is 0 Å². The average molecular weight is 367 g/mol. The number of piperazine rings is 1. The lowest BCUT2D eigenvalue weighted by molar-refractivity contribution is -0.136. The molecule has 2 amide bonds. The van der Waals surface area contributed by atoms with Gasteiger partial charge in [0, 0.05) is 58.9 Å². The number of nitrogens with zero attached hydrogens (tertiary/aromatic N) is 3. The predicted octanol–water partition coefficient (Wildman–Crippen LogP) is 1.11. The molecule has 0 aromatic heterocycles. The molecular formula is C18H23F2N3O3. The monoisotopic (exact) mass is 367 g/mol. The van der Waals surface area contributed by atoms with Crippen molar-refractivity contribution in [1.29, 1.82) is 0 Å². The number of ether oxygens (including phenoxy) is 1. The van der Waals surface area contributed by atoms with Crippen LogP contribution in [0.2, 0.25) is 0 Å². The van der Waals surface area contributed by atoms with Gasteiger partial charge >= 0.3 is 0 Å². The highest BCUT2D eigenvalue weighted by Crippen LogP contribution is 2.24. The summed E-state index contributed by atoms with van der Waals surface area (Å²) in [5.74, 6) is -1.36. The third-order valence-electron chi connectivity index (χ3n) is 4.97. The number of benzene rings is 1. The van der Waals surface area contributed by atoms with E-state index in [1.807, 2.05) is 0 Å². The summed E-state index contributed by atoms with van der Waals surface area (Å²) in [6, 6.07) is 3.38. The van der Waals surface area contributed by atoms with Crippen LogP contribution in [0.1, 0.15) is 6.42 Å². The summed E-state index contributed by atoms with van der Waals surface area (Å²) in [6.07, 6.45) is 0.223. The second kappa shape index (κ2) is 7.99. The zero-order valence-corrected chi connectivity index (χ0v) is 14.8. The fourth-order valence-electron chi connectivity index (χ4n) is 3.51. The van der Waals surface area contributed by atoms with E-state index in [0.717, 1.165) is 12.1 Å². The lowest BCUT2D eigenvalue weighted by Crippen LogP contribution is -2.51. The first-order chi connectivity index (χ1) is 12.5. The summed E-state index contributed by atoms with van der Waals surface area (Å²) in [6.45, 7) is 3.07. The second-order valence-corrected chi connectivity index (χ2v) is 6.64. The minimum absolute atomic E-state index is 0.0270. The van der Waals surface area contributed by atoms with Crippen LogP contribution in [0, 0.1) is 17.6 Å². The van der Waals surface area contributed by atoms with Crippen LogP contribution >= 0.6 is 0 Å². The van der Waals surface area contributed by atoms with Crippen LogP contribution in [0.15, 0.2) is 18.2 Å². The molecule has 6 nitrogen and oxygen atoms in total. The fourth-order valence-corrected chi connectivity index (χ4v) is 3.51. The topological polar surface area (TPSA) is 53.1 Å². The molecule has 0 aliphatic carbocycles. The Bertz CT molecular complexity index is 678. The number of amides is 2. The van der Waals surface area contributed by atoms with Crippen molar-refractivity contribution in [2.45, 2.75) is 6.42 Å². The third-order valence-corrected chi connectivity index (χ3v) is 4.97. The van der Waals surface area contributed by atoms with Crippen LogP contribution in [0.5, 0.6) is 0 Å². The number of hydrogen-bond donors (Lipinski definition) is 0. The smallest absolute Gasteiger partial charge is 0.228 e. The molecule has 3 rings (SSSR count). The molecule has 0 saturated carbocycles. The highest BCUT2D eigenvalue weighted by molar-refractivity contribution is 5.89. The highest BCUT2D eigenvalue weighted by Gasteiger charge is 2.37. The number of carbonyl (C=O) groups excluding carboxylic acids is 2. The maximum Gasteiger partial charge on any atom is 0.228 e. The van der Waals surface area contributed by atoms with Gasteiger partial charge in [-0.1, -0.05) is 0 Å². The Labute approximate surface area is 151 Å². The minimum atomic E-state index is -0.486. The first-order valence-corrected chi connectivity index (χ1v) is 8.75. The van der Waals surface area contributed by atoms with Crippen LogP contribution in [-0.4, -0.2) is 74.6 Å². The molecule has 2 heterocycles. The van der Waals surface area contributed by atoms with Crippen LogP contribution in [0.4, 0.5) is 14.5 Å². The number of carbonyl (C=O) groups is 2. The van der Waals surface area contributed by atoms with Gasteiger partial charge < -0.3 is 19.4 Å². The Morgan fingerprint density at radius 3 is 2.65 bits per heavy atom. The zero-order valence-electron chi connectivity index (χ0n) is 14.8. The van der Waals surface area contributed by atoms with Gasteiger partial charge in [0.2, 0.25) is 11.8 Å². The Hall–Kier alpha value is -2.22. The maximum absolute atomic E-state index is 13.9. The molecule has 2 aliphatic rings. The standard InChI is InChI=1S/C18H23F2N3O3/c1-26-9-8-23-12-13(10-17(23)24)18(25)22-6-4-21(5-7-22)16-11-14(19)2-3-15(16)20/h2-3,11,13H,4-10,12H2,1H3. The van der Waals surface area contributed by atoms with E-state index >= 15 is 0 Å². The highest BCUT2D eigenvalue weighted by atomic mass is 19.1. The average Bonchev–Trinajstić information content (AvgIpc) is 3.02. The van der Waals surface area contributed by atoms with Crippen LogP contribution in [0.3, 0.4) is 0 Å². The molecule has 0 radical (unpaired) electrons. The molecular weight excluding hydrogens is 344 g/mol. The summed E-state index contributed by atoms with van der Waals surface area (Å²) in [7, 11) is 1.57. The van der Waals surface area contributed by atoms with E-state index < -0.39 is 11.6 Å².